The Morgan fingerprint density at radius 1 is 0.558 bits per heavy atom. The molecule has 1 saturated heterocycles. The summed E-state index contributed by atoms with van der Waals surface area (Å²) in [5.74, 6) is -5.26. The molecular formula is C37H67N7O8. The Morgan fingerprint density at radius 3 is 1.46 bits per heavy atom. The van der Waals surface area contributed by atoms with Crippen LogP contribution in [0.25, 0.3) is 0 Å². The van der Waals surface area contributed by atoms with Crippen molar-refractivity contribution in [3.8, 4) is 0 Å². The van der Waals surface area contributed by atoms with Gasteiger partial charge in [0.05, 0.1) is 6.10 Å². The van der Waals surface area contributed by atoms with Gasteiger partial charge < -0.3 is 40.7 Å². The van der Waals surface area contributed by atoms with Gasteiger partial charge in [-0.15, -0.1) is 0 Å². The maximum Gasteiger partial charge on any atom is 0.245 e. The van der Waals surface area contributed by atoms with Crippen molar-refractivity contribution in [3.05, 3.63) is 0 Å². The minimum Gasteiger partial charge on any atom is -0.390 e. The third-order valence-corrected chi connectivity index (χ3v) is 10.4. The van der Waals surface area contributed by atoms with E-state index in [0.717, 1.165) is 4.90 Å². The molecule has 9 atom stereocenters. The first-order chi connectivity index (χ1) is 23.9. The molecule has 15 nitrogen and oxygen atoms in total. The van der Waals surface area contributed by atoms with Crippen LogP contribution < -0.4 is 16.0 Å². The van der Waals surface area contributed by atoms with E-state index in [1.807, 2.05) is 34.6 Å². The molecule has 1 aliphatic rings. The Kier molecular flexibility index (Phi) is 17.7. The minimum absolute atomic E-state index is 0.0253. The molecule has 298 valence electrons. The second kappa shape index (κ2) is 19.9. The number of hydrogen-bond acceptors (Lipinski definition) is 8. The third kappa shape index (κ3) is 11.6. The van der Waals surface area contributed by atoms with Gasteiger partial charge in [0.15, 0.2) is 0 Å². The first kappa shape index (κ1) is 46.3. The van der Waals surface area contributed by atoms with E-state index < -0.39 is 102 Å². The maximum atomic E-state index is 14.1. The smallest absolute Gasteiger partial charge is 0.245 e. The van der Waals surface area contributed by atoms with E-state index in [1.165, 1.54) is 63.7 Å². The highest BCUT2D eigenvalue weighted by Crippen LogP contribution is 2.19. The van der Waals surface area contributed by atoms with Gasteiger partial charge in [-0.1, -0.05) is 61.8 Å². The van der Waals surface area contributed by atoms with Crippen molar-refractivity contribution < 1.29 is 38.7 Å². The van der Waals surface area contributed by atoms with Crippen LogP contribution in [-0.2, 0) is 33.6 Å². The summed E-state index contributed by atoms with van der Waals surface area (Å²) in [6.45, 7) is 19.1. The van der Waals surface area contributed by atoms with Gasteiger partial charge in [0.2, 0.25) is 41.4 Å². The fourth-order valence-electron chi connectivity index (χ4n) is 6.03. The summed E-state index contributed by atoms with van der Waals surface area (Å²) in [7, 11) is 5.77. The van der Waals surface area contributed by atoms with Crippen LogP contribution in [0.3, 0.4) is 0 Å². The van der Waals surface area contributed by atoms with Crippen LogP contribution >= 0.6 is 0 Å². The number of rotatable bonds is 8. The molecule has 0 unspecified atom stereocenters. The Balaban J connectivity index is 3.92. The lowest BCUT2D eigenvalue weighted by Crippen LogP contribution is -2.63. The molecule has 0 spiro atoms. The highest BCUT2D eigenvalue weighted by molar-refractivity contribution is 5.98. The van der Waals surface area contributed by atoms with Crippen molar-refractivity contribution in [3.63, 3.8) is 0 Å². The van der Waals surface area contributed by atoms with E-state index in [4.69, 9.17) is 0 Å². The van der Waals surface area contributed by atoms with E-state index >= 15 is 0 Å². The standard InChI is InChI=1S/C37H67N7O8/c1-16-22(8)28-37(52)43(14)25(11)35(50)44(15)27(18-20(4)5)32(47)38-26(17-19(2)3)36(51)42(13)24(10)34(49)41(12)23(9)31(46)40-29(33(48)39-28)30(45)21(6)7/h19-30,45H,16-18H2,1-15H3,(H,38,47)(H,39,48)(H,40,46)/t22-,23+,24+,25+,26+,27+,28-,29+,30-/m1/s1. The number of nitrogens with one attached hydrogen (secondary N) is 3. The second-order valence-electron chi connectivity index (χ2n) is 15.8. The van der Waals surface area contributed by atoms with Gasteiger partial charge in [-0.2, -0.15) is 0 Å². The van der Waals surface area contributed by atoms with Crippen LogP contribution in [0.5, 0.6) is 0 Å². The predicted octanol–water partition coefficient (Wildman–Crippen LogP) is 0.977. The molecule has 0 aromatic carbocycles. The van der Waals surface area contributed by atoms with Gasteiger partial charge in [-0.3, -0.25) is 33.6 Å². The van der Waals surface area contributed by atoms with Gasteiger partial charge in [0.25, 0.3) is 0 Å². The Bertz CT molecular complexity index is 1290. The lowest BCUT2D eigenvalue weighted by molar-refractivity contribution is -0.150. The highest BCUT2D eigenvalue weighted by atomic mass is 16.3. The Labute approximate surface area is 310 Å². The van der Waals surface area contributed by atoms with Crippen LogP contribution in [0.2, 0.25) is 0 Å². The second-order valence-corrected chi connectivity index (χ2v) is 15.8. The topological polar surface area (TPSA) is 189 Å². The maximum absolute atomic E-state index is 14.1. The van der Waals surface area contributed by atoms with Crippen molar-refractivity contribution in [2.24, 2.45) is 23.7 Å². The lowest BCUT2D eigenvalue weighted by Gasteiger charge is -2.37. The number of likely N-dealkylation sites (N-methyl/N-ethyl adjacent to an activating group) is 4. The summed E-state index contributed by atoms with van der Waals surface area (Å²) in [6.07, 6.45) is -0.371. The van der Waals surface area contributed by atoms with Crippen LogP contribution in [-0.4, -0.2) is 143 Å². The van der Waals surface area contributed by atoms with E-state index in [2.05, 4.69) is 16.0 Å². The van der Waals surface area contributed by atoms with Crippen molar-refractivity contribution in [1.29, 1.82) is 0 Å². The molecule has 1 heterocycles. The van der Waals surface area contributed by atoms with Crippen LogP contribution in [0.15, 0.2) is 0 Å². The molecule has 0 aromatic rings. The fraction of sp³-hybridized carbons (Fsp3) is 0.811. The molecule has 0 aromatic heterocycles. The van der Waals surface area contributed by atoms with E-state index in [1.54, 1.807) is 20.8 Å². The molecule has 0 aliphatic carbocycles. The minimum atomic E-state index is -1.49. The molecule has 0 saturated carbocycles. The summed E-state index contributed by atoms with van der Waals surface area (Å²) in [4.78, 5) is 102. The van der Waals surface area contributed by atoms with Gasteiger partial charge >= 0.3 is 0 Å². The van der Waals surface area contributed by atoms with Crippen molar-refractivity contribution >= 4 is 41.4 Å². The van der Waals surface area contributed by atoms with Crippen LogP contribution in [0.4, 0.5) is 0 Å². The summed E-state index contributed by atoms with van der Waals surface area (Å²) in [5, 5.41) is 19.3. The SMILES string of the molecule is CC[C@@H](C)[C@H]1NC(=O)[C@H]([C@H](O)C(C)C)NC(=O)[C@H](C)N(C)C(=O)[C@H](C)N(C)C(=O)[C@H](CC(C)C)NC(=O)[C@H](CC(C)C)N(C)C(=O)[C@H](C)N(C)C1=O. The molecule has 7 amide bonds. The van der Waals surface area contributed by atoms with E-state index in [9.17, 15) is 38.7 Å². The zero-order valence-corrected chi connectivity index (χ0v) is 34.1. The van der Waals surface area contributed by atoms with Crippen molar-refractivity contribution in [2.45, 2.75) is 144 Å². The molecule has 1 rings (SSSR count). The molecule has 0 radical (unpaired) electrons. The number of carbonyl (C=O) groups is 7. The van der Waals surface area contributed by atoms with Crippen molar-refractivity contribution in [2.75, 3.05) is 28.2 Å². The van der Waals surface area contributed by atoms with E-state index in [-0.39, 0.29) is 24.7 Å². The number of amides is 7. The number of carbonyl (C=O) groups excluding carboxylic acids is 7. The molecular weight excluding hydrogens is 670 g/mol. The number of aliphatic hydroxyl groups excluding tert-OH is 1. The average Bonchev–Trinajstić information content (AvgIpc) is 3.09. The van der Waals surface area contributed by atoms with Crippen LogP contribution in [0, 0.1) is 23.7 Å². The Hall–Kier alpha value is -3.75. The van der Waals surface area contributed by atoms with Gasteiger partial charge in [0, 0.05) is 28.2 Å². The lowest BCUT2D eigenvalue weighted by atomic mass is 9.94. The molecule has 0 bridgehead atoms. The predicted molar refractivity (Wildman–Crippen MR) is 198 cm³/mol. The van der Waals surface area contributed by atoms with Gasteiger partial charge in [-0.25, -0.2) is 0 Å². The zero-order valence-electron chi connectivity index (χ0n) is 34.1. The first-order valence-corrected chi connectivity index (χ1v) is 18.6. The van der Waals surface area contributed by atoms with Gasteiger partial charge in [0.1, 0.15) is 42.3 Å². The third-order valence-electron chi connectivity index (χ3n) is 10.4. The average molecular weight is 738 g/mol. The summed E-state index contributed by atoms with van der Waals surface area (Å²) < 4.78 is 0. The molecule has 1 fully saturated rings. The molecule has 1 aliphatic heterocycles. The molecule has 15 heteroatoms. The molecule has 4 N–H and O–H groups in total. The monoisotopic (exact) mass is 738 g/mol. The summed E-state index contributed by atoms with van der Waals surface area (Å²) in [5.41, 5.74) is 0. The van der Waals surface area contributed by atoms with E-state index in [0.29, 0.717) is 6.42 Å². The Morgan fingerprint density at radius 2 is 1.00 bits per heavy atom. The normalized spacial score (nSPS) is 28.6. The number of nitrogens with zero attached hydrogens (tertiary/aromatic N) is 4. The first-order valence-electron chi connectivity index (χ1n) is 18.6. The van der Waals surface area contributed by atoms with Crippen molar-refractivity contribution in [1.82, 2.24) is 35.6 Å². The quantitative estimate of drug-likeness (QED) is 0.284. The summed E-state index contributed by atoms with van der Waals surface area (Å²) >= 11 is 0. The number of hydrogen-bond donors (Lipinski definition) is 4. The number of aliphatic hydroxyl groups is 1. The van der Waals surface area contributed by atoms with Crippen LogP contribution in [0.1, 0.15) is 95.4 Å². The summed E-state index contributed by atoms with van der Waals surface area (Å²) in [6, 6.07) is -7.89. The highest BCUT2D eigenvalue weighted by Gasteiger charge is 2.41. The largest absolute Gasteiger partial charge is 0.390 e. The zero-order chi connectivity index (χ0) is 40.5. The fourth-order valence-corrected chi connectivity index (χ4v) is 6.03. The van der Waals surface area contributed by atoms with Gasteiger partial charge in [-0.05, 0) is 57.3 Å². The molecule has 52 heavy (non-hydrogen) atoms.